The number of rotatable bonds is 7. The summed E-state index contributed by atoms with van der Waals surface area (Å²) in [7, 11) is 0. The van der Waals surface area contributed by atoms with Gasteiger partial charge in [-0.15, -0.1) is 0 Å². The molecule has 1 unspecified atom stereocenters. The van der Waals surface area contributed by atoms with E-state index in [9.17, 15) is 4.79 Å². The summed E-state index contributed by atoms with van der Waals surface area (Å²) in [5.74, 6) is -0.0651. The first-order valence-electron chi connectivity index (χ1n) is 13.3. The fourth-order valence-electron chi connectivity index (χ4n) is 5.90. The Morgan fingerprint density at radius 3 is 2.69 bits per heavy atom. The molecule has 1 aliphatic heterocycles. The zero-order valence-corrected chi connectivity index (χ0v) is 21.5. The maximum Gasteiger partial charge on any atom is 0.253 e. The van der Waals surface area contributed by atoms with E-state index in [4.69, 9.17) is 4.98 Å². The Hall–Kier alpha value is -3.09. The molecule has 3 aromatic rings. The number of pyridine rings is 2. The van der Waals surface area contributed by atoms with Gasteiger partial charge in [-0.3, -0.25) is 19.7 Å². The van der Waals surface area contributed by atoms with Gasteiger partial charge in [0.15, 0.2) is 0 Å². The molecule has 0 saturated carbocycles. The number of hydrogen-bond acceptors (Lipinski definition) is 5. The van der Waals surface area contributed by atoms with Gasteiger partial charge >= 0.3 is 0 Å². The van der Waals surface area contributed by atoms with E-state index >= 15 is 0 Å². The lowest BCUT2D eigenvalue weighted by atomic mass is 9.88. The second kappa shape index (κ2) is 11.3. The molecule has 6 nitrogen and oxygen atoms in total. The van der Waals surface area contributed by atoms with Crippen LogP contribution in [0.1, 0.15) is 75.7 Å². The van der Waals surface area contributed by atoms with Gasteiger partial charge in [0.1, 0.15) is 0 Å². The highest BCUT2D eigenvalue weighted by atomic mass is 16.1. The lowest BCUT2D eigenvalue weighted by molar-refractivity contribution is 0.0861. The Morgan fingerprint density at radius 2 is 1.86 bits per heavy atom. The van der Waals surface area contributed by atoms with E-state index in [-0.39, 0.29) is 5.91 Å². The number of fused-ring (bicyclic) bond motifs is 1. The lowest BCUT2D eigenvalue weighted by Crippen LogP contribution is -2.45. The minimum atomic E-state index is -0.0651. The monoisotopic (exact) mass is 483 g/mol. The summed E-state index contributed by atoms with van der Waals surface area (Å²) in [5.41, 5.74) is 7.48. The summed E-state index contributed by atoms with van der Waals surface area (Å²) < 4.78 is 0. The van der Waals surface area contributed by atoms with Gasteiger partial charge in [0.05, 0.1) is 23.0 Å². The molecule has 1 fully saturated rings. The van der Waals surface area contributed by atoms with Crippen LogP contribution in [0.2, 0.25) is 0 Å². The van der Waals surface area contributed by atoms with Crippen LogP contribution in [-0.4, -0.2) is 39.9 Å². The van der Waals surface area contributed by atoms with Crippen molar-refractivity contribution in [3.8, 4) is 0 Å². The Labute approximate surface area is 214 Å². The third-order valence-corrected chi connectivity index (χ3v) is 7.73. The smallest absolute Gasteiger partial charge is 0.253 e. The first-order valence-corrected chi connectivity index (χ1v) is 13.3. The molecule has 3 heterocycles. The number of benzene rings is 1. The van der Waals surface area contributed by atoms with Crippen LogP contribution >= 0.6 is 0 Å². The van der Waals surface area contributed by atoms with Crippen molar-refractivity contribution in [2.75, 3.05) is 13.1 Å². The Kier molecular flexibility index (Phi) is 7.73. The molecule has 1 atom stereocenters. The summed E-state index contributed by atoms with van der Waals surface area (Å²) in [6.45, 7) is 7.38. The maximum atomic E-state index is 12.9. The van der Waals surface area contributed by atoms with Crippen molar-refractivity contribution in [3.63, 3.8) is 0 Å². The van der Waals surface area contributed by atoms with E-state index < -0.39 is 0 Å². The highest BCUT2D eigenvalue weighted by molar-refractivity contribution is 5.96. The van der Waals surface area contributed by atoms with E-state index in [1.807, 2.05) is 26.1 Å². The summed E-state index contributed by atoms with van der Waals surface area (Å²) in [5, 5.41) is 6.63. The van der Waals surface area contributed by atoms with Crippen LogP contribution < -0.4 is 10.6 Å². The van der Waals surface area contributed by atoms with Gasteiger partial charge in [-0.25, -0.2) is 0 Å². The summed E-state index contributed by atoms with van der Waals surface area (Å²) in [4.78, 5) is 24.7. The molecular formula is C30H37N5O. The van der Waals surface area contributed by atoms with Crippen LogP contribution in [0, 0.1) is 13.8 Å². The van der Waals surface area contributed by atoms with Crippen molar-refractivity contribution in [1.82, 2.24) is 25.5 Å². The normalized spacial score (nSPS) is 18.1. The molecule has 36 heavy (non-hydrogen) atoms. The van der Waals surface area contributed by atoms with Gasteiger partial charge in [0.2, 0.25) is 0 Å². The molecule has 2 aromatic heterocycles. The quantitative estimate of drug-likeness (QED) is 0.512. The van der Waals surface area contributed by atoms with Crippen molar-refractivity contribution < 1.29 is 4.79 Å². The number of piperidine rings is 1. The van der Waals surface area contributed by atoms with Crippen LogP contribution in [0.5, 0.6) is 0 Å². The second-order valence-corrected chi connectivity index (χ2v) is 10.2. The van der Waals surface area contributed by atoms with E-state index in [1.54, 1.807) is 6.20 Å². The number of hydrogen-bond donors (Lipinski definition) is 2. The third kappa shape index (κ3) is 5.50. The predicted octanol–water partition coefficient (Wildman–Crippen LogP) is 4.66. The molecular weight excluding hydrogens is 446 g/mol. The van der Waals surface area contributed by atoms with Gasteiger partial charge in [0, 0.05) is 31.5 Å². The van der Waals surface area contributed by atoms with Crippen molar-refractivity contribution >= 4 is 5.91 Å². The van der Waals surface area contributed by atoms with Crippen molar-refractivity contribution in [2.45, 2.75) is 71.1 Å². The SMILES string of the molecule is Cc1ccnc(C)c1C(=O)NCc1cccc(CN(C2CCNCC2)C2CCCc3cccnc32)c1. The molecule has 2 aliphatic rings. The minimum Gasteiger partial charge on any atom is -0.348 e. The molecule has 1 aliphatic carbocycles. The zero-order valence-electron chi connectivity index (χ0n) is 21.5. The first-order chi connectivity index (χ1) is 17.6. The van der Waals surface area contributed by atoms with Crippen LogP contribution in [0.15, 0.2) is 54.9 Å². The summed E-state index contributed by atoms with van der Waals surface area (Å²) in [6, 6.07) is 15.8. The van der Waals surface area contributed by atoms with E-state index in [2.05, 4.69) is 56.9 Å². The molecule has 0 spiro atoms. The van der Waals surface area contributed by atoms with Gasteiger partial charge < -0.3 is 10.6 Å². The number of carbonyl (C=O) groups is 1. The van der Waals surface area contributed by atoms with Crippen molar-refractivity contribution in [3.05, 3.63) is 94.1 Å². The average molecular weight is 484 g/mol. The fraction of sp³-hybridized carbons (Fsp3) is 0.433. The largest absolute Gasteiger partial charge is 0.348 e. The minimum absolute atomic E-state index is 0.0651. The molecule has 1 amide bonds. The molecule has 1 saturated heterocycles. The molecule has 1 aromatic carbocycles. The van der Waals surface area contributed by atoms with Crippen molar-refractivity contribution in [2.24, 2.45) is 0 Å². The fourth-order valence-corrected chi connectivity index (χ4v) is 5.90. The number of amides is 1. The van der Waals surface area contributed by atoms with Crippen LogP contribution in [-0.2, 0) is 19.5 Å². The third-order valence-electron chi connectivity index (χ3n) is 7.73. The van der Waals surface area contributed by atoms with Crippen LogP contribution in [0.25, 0.3) is 0 Å². The molecule has 0 bridgehead atoms. The highest BCUT2D eigenvalue weighted by Crippen LogP contribution is 2.36. The van der Waals surface area contributed by atoms with Crippen molar-refractivity contribution in [1.29, 1.82) is 0 Å². The Morgan fingerprint density at radius 1 is 1.03 bits per heavy atom. The number of carbonyl (C=O) groups excluding carboxylic acids is 1. The summed E-state index contributed by atoms with van der Waals surface area (Å²) >= 11 is 0. The maximum absolute atomic E-state index is 12.9. The van der Waals surface area contributed by atoms with Crippen LogP contribution in [0.3, 0.4) is 0 Å². The Bertz CT molecular complexity index is 1180. The number of nitrogens with zero attached hydrogens (tertiary/aromatic N) is 3. The van der Waals surface area contributed by atoms with E-state index in [0.29, 0.717) is 24.2 Å². The topological polar surface area (TPSA) is 70.2 Å². The van der Waals surface area contributed by atoms with Gasteiger partial charge in [-0.05, 0) is 93.4 Å². The van der Waals surface area contributed by atoms with Gasteiger partial charge in [-0.1, -0.05) is 30.3 Å². The average Bonchev–Trinajstić information content (AvgIpc) is 2.91. The van der Waals surface area contributed by atoms with E-state index in [1.165, 1.54) is 23.2 Å². The first kappa shape index (κ1) is 24.6. The summed E-state index contributed by atoms with van der Waals surface area (Å²) in [6.07, 6.45) is 9.53. The molecule has 188 valence electrons. The molecule has 5 rings (SSSR count). The predicted molar refractivity (Wildman–Crippen MR) is 143 cm³/mol. The van der Waals surface area contributed by atoms with E-state index in [0.717, 1.165) is 62.1 Å². The molecule has 6 heteroatoms. The standard InChI is InChI=1S/C30H37N5O/c1-21-11-17-32-22(2)28(21)30(36)34-19-23-6-3-7-24(18-23)20-35(26-12-15-31-16-13-26)27-10-4-8-25-9-5-14-33-29(25)27/h3,5-7,9,11,14,17-18,26-27,31H,4,8,10,12-13,15-16,19-20H2,1-2H3,(H,34,36). The number of aromatic nitrogens is 2. The molecule has 0 radical (unpaired) electrons. The van der Waals surface area contributed by atoms with Gasteiger partial charge in [0.25, 0.3) is 5.91 Å². The second-order valence-electron chi connectivity index (χ2n) is 10.2. The number of nitrogens with one attached hydrogen (secondary N) is 2. The Balaban J connectivity index is 1.34. The number of aryl methyl sites for hydroxylation is 3. The zero-order chi connectivity index (χ0) is 24.9. The van der Waals surface area contributed by atoms with Gasteiger partial charge in [-0.2, -0.15) is 0 Å². The highest BCUT2D eigenvalue weighted by Gasteiger charge is 2.32. The lowest BCUT2D eigenvalue weighted by Gasteiger charge is -2.42. The van der Waals surface area contributed by atoms with Crippen LogP contribution in [0.4, 0.5) is 0 Å². The molecule has 2 N–H and O–H groups in total.